The van der Waals surface area contributed by atoms with Crippen LogP contribution in [0.3, 0.4) is 0 Å². The fourth-order valence-corrected chi connectivity index (χ4v) is 5.92. The second-order valence-corrected chi connectivity index (χ2v) is 5.94. The van der Waals surface area contributed by atoms with Crippen LogP contribution in [0.1, 0.15) is 19.3 Å². The quantitative estimate of drug-likeness (QED) is 0.599. The molecular weight excluding hydrogens is 164 g/mol. The maximum absolute atomic E-state index is 10.4. The van der Waals surface area contributed by atoms with E-state index in [1.807, 2.05) is 0 Å². The van der Waals surface area contributed by atoms with Crippen LogP contribution in [0.5, 0.6) is 0 Å². The fraction of sp³-hybridized carbons (Fsp3) is 1.00. The molecule has 0 aromatic rings. The first-order chi connectivity index (χ1) is 6.28. The van der Waals surface area contributed by atoms with Crippen LogP contribution in [-0.4, -0.2) is 17.0 Å². The average molecular weight is 178 g/mol. The van der Waals surface area contributed by atoms with Gasteiger partial charge < -0.3 is 9.84 Å². The maximum Gasteiger partial charge on any atom is 0.169 e. The third-order valence-corrected chi connectivity index (χ3v) is 5.90. The van der Waals surface area contributed by atoms with Crippen LogP contribution in [-0.2, 0) is 4.74 Å². The Morgan fingerprint density at radius 1 is 1.08 bits per heavy atom. The first-order valence-electron chi connectivity index (χ1n) is 5.68. The van der Waals surface area contributed by atoms with Gasteiger partial charge in [-0.3, -0.25) is 0 Å². The summed E-state index contributed by atoms with van der Waals surface area (Å²) in [4.78, 5) is 0. The van der Waals surface area contributed by atoms with Crippen LogP contribution in [0.4, 0.5) is 0 Å². The lowest BCUT2D eigenvalue weighted by molar-refractivity contribution is -0.201. The van der Waals surface area contributed by atoms with Gasteiger partial charge in [0.2, 0.25) is 0 Å². The van der Waals surface area contributed by atoms with Crippen molar-refractivity contribution in [1.29, 1.82) is 0 Å². The molecule has 8 atom stereocenters. The van der Waals surface area contributed by atoms with Gasteiger partial charge in [0, 0.05) is 12.3 Å². The summed E-state index contributed by atoms with van der Waals surface area (Å²) in [5.41, 5.74) is 0. The van der Waals surface area contributed by atoms with Crippen LogP contribution in [0.25, 0.3) is 0 Å². The van der Waals surface area contributed by atoms with Crippen molar-refractivity contribution in [3.63, 3.8) is 0 Å². The van der Waals surface area contributed by atoms with E-state index >= 15 is 0 Å². The van der Waals surface area contributed by atoms with E-state index in [1.54, 1.807) is 0 Å². The van der Waals surface area contributed by atoms with E-state index in [9.17, 15) is 5.11 Å². The highest BCUT2D eigenvalue weighted by molar-refractivity contribution is 5.23. The summed E-state index contributed by atoms with van der Waals surface area (Å²) >= 11 is 0. The van der Waals surface area contributed by atoms with Gasteiger partial charge in [0.15, 0.2) is 5.79 Å². The molecule has 4 aliphatic carbocycles. The molecule has 13 heavy (non-hydrogen) atoms. The number of aliphatic hydroxyl groups is 1. The Bertz CT molecular complexity index is 315. The molecule has 1 saturated heterocycles. The Morgan fingerprint density at radius 3 is 2.92 bits per heavy atom. The molecule has 5 aliphatic rings. The Hall–Kier alpha value is -0.0800. The molecule has 70 valence electrons. The Morgan fingerprint density at radius 2 is 2.00 bits per heavy atom. The van der Waals surface area contributed by atoms with Gasteiger partial charge in [-0.1, -0.05) is 0 Å². The van der Waals surface area contributed by atoms with Crippen molar-refractivity contribution >= 4 is 0 Å². The molecule has 0 spiro atoms. The minimum absolute atomic E-state index is 0.447. The van der Waals surface area contributed by atoms with Crippen molar-refractivity contribution in [3.05, 3.63) is 0 Å². The van der Waals surface area contributed by atoms with E-state index in [1.165, 1.54) is 12.8 Å². The molecule has 1 heterocycles. The molecule has 1 N–H and O–H groups in total. The summed E-state index contributed by atoms with van der Waals surface area (Å²) < 4.78 is 5.87. The average Bonchev–Trinajstić information content (AvgIpc) is 2.66. The SMILES string of the molecule is O[C@@]12C[C@@H]3[C@H]4C[C@@H](O1)[C@H]1[C@H]4C[C@@H]3[C@@H]12. The molecule has 5 rings (SSSR count). The van der Waals surface area contributed by atoms with E-state index in [0.717, 1.165) is 36.0 Å². The molecule has 0 aromatic carbocycles. The maximum atomic E-state index is 10.4. The number of hydrogen-bond acceptors (Lipinski definition) is 2. The van der Waals surface area contributed by atoms with Gasteiger partial charge in [-0.15, -0.1) is 0 Å². The second kappa shape index (κ2) is 1.49. The first-order valence-corrected chi connectivity index (χ1v) is 5.68. The number of hydrogen-bond donors (Lipinski definition) is 1. The molecule has 2 nitrogen and oxygen atoms in total. The van der Waals surface area contributed by atoms with Crippen LogP contribution in [0, 0.1) is 35.5 Å². The van der Waals surface area contributed by atoms with Crippen molar-refractivity contribution in [1.82, 2.24) is 0 Å². The summed E-state index contributed by atoms with van der Waals surface area (Å²) in [6.07, 6.45) is 4.11. The molecule has 0 amide bonds. The third-order valence-electron chi connectivity index (χ3n) is 5.90. The molecule has 0 aromatic heterocycles. The van der Waals surface area contributed by atoms with E-state index in [4.69, 9.17) is 4.74 Å². The van der Waals surface area contributed by atoms with E-state index in [2.05, 4.69) is 0 Å². The monoisotopic (exact) mass is 178 g/mol. The zero-order valence-electron chi connectivity index (χ0n) is 7.52. The van der Waals surface area contributed by atoms with Crippen LogP contribution < -0.4 is 0 Å². The predicted octanol–water partition coefficient (Wildman–Crippen LogP) is 0.996. The van der Waals surface area contributed by atoms with E-state index in [0.29, 0.717) is 12.0 Å². The second-order valence-electron chi connectivity index (χ2n) is 5.94. The molecule has 2 heteroatoms. The molecule has 5 fully saturated rings. The van der Waals surface area contributed by atoms with Crippen LogP contribution in [0.15, 0.2) is 0 Å². The molecule has 1 aliphatic heterocycles. The summed E-state index contributed by atoms with van der Waals surface area (Å²) in [6.45, 7) is 0. The van der Waals surface area contributed by atoms with Crippen molar-refractivity contribution in [2.45, 2.75) is 31.2 Å². The minimum atomic E-state index is -0.662. The lowest BCUT2D eigenvalue weighted by atomic mass is 9.79. The van der Waals surface area contributed by atoms with Crippen molar-refractivity contribution in [2.75, 3.05) is 0 Å². The highest BCUT2D eigenvalue weighted by Crippen LogP contribution is 2.77. The summed E-state index contributed by atoms with van der Waals surface area (Å²) in [5.74, 6) is 4.21. The van der Waals surface area contributed by atoms with Crippen LogP contribution >= 0.6 is 0 Å². The number of rotatable bonds is 0. The normalized spacial score (nSPS) is 80.5. The zero-order valence-corrected chi connectivity index (χ0v) is 7.52. The zero-order chi connectivity index (χ0) is 8.37. The molecule has 2 bridgehead atoms. The van der Waals surface area contributed by atoms with Crippen molar-refractivity contribution < 1.29 is 9.84 Å². The number of ether oxygens (including phenoxy) is 1. The van der Waals surface area contributed by atoms with Gasteiger partial charge >= 0.3 is 0 Å². The highest BCUT2D eigenvalue weighted by atomic mass is 16.6. The topological polar surface area (TPSA) is 29.5 Å². The van der Waals surface area contributed by atoms with E-state index in [-0.39, 0.29) is 0 Å². The van der Waals surface area contributed by atoms with Crippen molar-refractivity contribution in [3.8, 4) is 0 Å². The standard InChI is InChI=1S/C11H14O2/c12-11-3-7-4-2-8(13-11)9-5(4)1-6(7)10(9)11/h4-10,12H,1-3H2/t4-,5-,6-,7+,8+,9+,10-,11-/m0/s1. The van der Waals surface area contributed by atoms with Gasteiger partial charge in [-0.05, 0) is 42.4 Å². The molecule has 0 radical (unpaired) electrons. The summed E-state index contributed by atoms with van der Waals surface area (Å²) in [6, 6.07) is 0. The Kier molecular flexibility index (Phi) is 0.733. The molecule has 0 unspecified atom stereocenters. The van der Waals surface area contributed by atoms with E-state index < -0.39 is 5.79 Å². The lowest BCUT2D eigenvalue weighted by Gasteiger charge is -2.25. The molecular formula is C11H14O2. The number of fused-ring (bicyclic) bond motifs is 1. The van der Waals surface area contributed by atoms with Gasteiger partial charge in [0.05, 0.1) is 6.10 Å². The minimum Gasteiger partial charge on any atom is -0.365 e. The predicted molar refractivity (Wildman–Crippen MR) is 44.6 cm³/mol. The van der Waals surface area contributed by atoms with Gasteiger partial charge in [0.25, 0.3) is 0 Å². The van der Waals surface area contributed by atoms with Crippen LogP contribution in [0.2, 0.25) is 0 Å². The Balaban J connectivity index is 1.86. The van der Waals surface area contributed by atoms with Crippen molar-refractivity contribution in [2.24, 2.45) is 35.5 Å². The smallest absolute Gasteiger partial charge is 0.169 e. The lowest BCUT2D eigenvalue weighted by Crippen LogP contribution is -2.32. The Labute approximate surface area is 77.3 Å². The summed E-state index contributed by atoms with van der Waals surface area (Å²) in [5, 5.41) is 10.4. The fourth-order valence-electron chi connectivity index (χ4n) is 5.92. The first kappa shape index (κ1) is 6.41. The molecule has 4 saturated carbocycles. The third kappa shape index (κ3) is 0.435. The largest absolute Gasteiger partial charge is 0.365 e. The van der Waals surface area contributed by atoms with Gasteiger partial charge in [0.1, 0.15) is 0 Å². The highest BCUT2D eigenvalue weighted by Gasteiger charge is 2.78. The van der Waals surface area contributed by atoms with Gasteiger partial charge in [-0.2, -0.15) is 0 Å². The summed E-state index contributed by atoms with van der Waals surface area (Å²) in [7, 11) is 0. The van der Waals surface area contributed by atoms with Gasteiger partial charge in [-0.25, -0.2) is 0 Å².